The van der Waals surface area contributed by atoms with Crippen molar-refractivity contribution in [2.24, 2.45) is 0 Å². The molecule has 0 aliphatic rings. The van der Waals surface area contributed by atoms with Gasteiger partial charge < -0.3 is 20.1 Å². The van der Waals surface area contributed by atoms with Gasteiger partial charge in [-0.15, -0.1) is 0 Å². The Bertz CT molecular complexity index is 727. The normalized spacial score (nSPS) is 10.4. The first-order valence-corrected chi connectivity index (χ1v) is 8.40. The number of aryl methyl sites for hydroxylation is 2. The first kappa shape index (κ1) is 18.5. The van der Waals surface area contributed by atoms with Crippen molar-refractivity contribution in [3.05, 3.63) is 41.7 Å². The van der Waals surface area contributed by atoms with Crippen LogP contribution in [-0.4, -0.2) is 35.1 Å². The molecule has 1 heterocycles. The molecule has 7 nitrogen and oxygen atoms in total. The van der Waals surface area contributed by atoms with Crippen LogP contribution < -0.4 is 10.6 Å². The van der Waals surface area contributed by atoms with Gasteiger partial charge in [0.05, 0.1) is 0 Å². The molecule has 0 radical (unpaired) electrons. The highest BCUT2D eigenvalue weighted by atomic mass is 16.5. The van der Waals surface area contributed by atoms with Gasteiger partial charge in [-0.05, 0) is 31.4 Å². The lowest BCUT2D eigenvalue weighted by Gasteiger charge is -2.22. The van der Waals surface area contributed by atoms with Crippen LogP contribution in [0.3, 0.4) is 0 Å². The van der Waals surface area contributed by atoms with Gasteiger partial charge in [0.25, 0.3) is 0 Å². The molecule has 0 fully saturated rings. The Kier molecular flexibility index (Phi) is 6.56. The predicted molar refractivity (Wildman–Crippen MR) is 96.6 cm³/mol. The standard InChI is InChI=1S/C18H24N4O3/c1-4-10-22(12-17(23)20-16-11-13(3)25-21-16)18(24)19-15-9-7-6-8-14(15)5-2/h6-9,11H,4-5,10,12H2,1-3H3,(H,19,24)(H,20,21,23). The maximum absolute atomic E-state index is 12.6. The maximum atomic E-state index is 12.6. The smallest absolute Gasteiger partial charge is 0.322 e. The zero-order valence-corrected chi connectivity index (χ0v) is 14.8. The number of aromatic nitrogens is 1. The Balaban J connectivity index is 2.00. The monoisotopic (exact) mass is 344 g/mol. The molecule has 2 aromatic rings. The third kappa shape index (κ3) is 5.34. The van der Waals surface area contributed by atoms with E-state index in [9.17, 15) is 9.59 Å². The van der Waals surface area contributed by atoms with Crippen molar-refractivity contribution in [2.45, 2.75) is 33.6 Å². The van der Waals surface area contributed by atoms with E-state index in [-0.39, 0.29) is 18.5 Å². The van der Waals surface area contributed by atoms with Gasteiger partial charge in [-0.25, -0.2) is 4.79 Å². The molecule has 0 spiro atoms. The number of anilines is 2. The summed E-state index contributed by atoms with van der Waals surface area (Å²) in [5.74, 6) is 0.631. The fourth-order valence-corrected chi connectivity index (χ4v) is 2.45. The second kappa shape index (κ2) is 8.86. The molecule has 2 N–H and O–H groups in total. The minimum absolute atomic E-state index is 0.0557. The topological polar surface area (TPSA) is 87.5 Å². The number of rotatable bonds is 7. The van der Waals surface area contributed by atoms with Crippen LogP contribution in [-0.2, 0) is 11.2 Å². The van der Waals surface area contributed by atoms with Crippen molar-refractivity contribution in [2.75, 3.05) is 23.7 Å². The van der Waals surface area contributed by atoms with Crippen LogP contribution in [0, 0.1) is 6.92 Å². The molecule has 134 valence electrons. The molecular formula is C18H24N4O3. The third-order valence-electron chi connectivity index (χ3n) is 3.65. The lowest BCUT2D eigenvalue weighted by Crippen LogP contribution is -2.41. The van der Waals surface area contributed by atoms with Gasteiger partial charge in [0.2, 0.25) is 5.91 Å². The number of para-hydroxylation sites is 1. The summed E-state index contributed by atoms with van der Waals surface area (Å²) in [4.78, 5) is 26.2. The fraction of sp³-hybridized carbons (Fsp3) is 0.389. The maximum Gasteiger partial charge on any atom is 0.322 e. The van der Waals surface area contributed by atoms with E-state index in [1.165, 1.54) is 4.90 Å². The molecule has 0 aliphatic heterocycles. The molecule has 2 rings (SSSR count). The van der Waals surface area contributed by atoms with E-state index in [4.69, 9.17) is 4.52 Å². The Morgan fingerprint density at radius 1 is 1.20 bits per heavy atom. The number of carbonyl (C=O) groups is 2. The van der Waals surface area contributed by atoms with Crippen LogP contribution in [0.1, 0.15) is 31.6 Å². The van der Waals surface area contributed by atoms with Gasteiger partial charge in [-0.1, -0.05) is 37.2 Å². The van der Waals surface area contributed by atoms with E-state index in [1.807, 2.05) is 38.1 Å². The van der Waals surface area contributed by atoms with E-state index in [0.29, 0.717) is 18.1 Å². The van der Waals surface area contributed by atoms with E-state index in [2.05, 4.69) is 15.8 Å². The Labute approximate surface area is 147 Å². The summed E-state index contributed by atoms with van der Waals surface area (Å²) in [6, 6.07) is 8.97. The summed E-state index contributed by atoms with van der Waals surface area (Å²) in [5.41, 5.74) is 1.82. The second-order valence-corrected chi connectivity index (χ2v) is 5.73. The average molecular weight is 344 g/mol. The highest BCUT2D eigenvalue weighted by Crippen LogP contribution is 2.16. The minimum atomic E-state index is -0.319. The van der Waals surface area contributed by atoms with Crippen LogP contribution in [0.15, 0.2) is 34.9 Å². The summed E-state index contributed by atoms with van der Waals surface area (Å²) in [6.45, 7) is 6.15. The van der Waals surface area contributed by atoms with E-state index in [1.54, 1.807) is 13.0 Å². The molecular weight excluding hydrogens is 320 g/mol. The van der Waals surface area contributed by atoms with Gasteiger partial charge in [-0.3, -0.25) is 4.79 Å². The molecule has 1 aromatic heterocycles. The van der Waals surface area contributed by atoms with Crippen LogP contribution >= 0.6 is 0 Å². The number of amides is 3. The van der Waals surface area contributed by atoms with Crippen molar-refractivity contribution < 1.29 is 14.1 Å². The second-order valence-electron chi connectivity index (χ2n) is 5.73. The van der Waals surface area contributed by atoms with E-state index >= 15 is 0 Å². The van der Waals surface area contributed by atoms with E-state index in [0.717, 1.165) is 24.1 Å². The molecule has 25 heavy (non-hydrogen) atoms. The SMILES string of the molecule is CCCN(CC(=O)Nc1cc(C)on1)C(=O)Nc1ccccc1CC. The fourth-order valence-electron chi connectivity index (χ4n) is 2.45. The molecule has 0 atom stereocenters. The minimum Gasteiger partial charge on any atom is -0.360 e. The van der Waals surface area contributed by atoms with Gasteiger partial charge in [0.1, 0.15) is 12.3 Å². The zero-order valence-electron chi connectivity index (χ0n) is 14.8. The highest BCUT2D eigenvalue weighted by molar-refractivity contribution is 5.96. The molecule has 3 amide bonds. The molecule has 0 bridgehead atoms. The number of urea groups is 1. The van der Waals surface area contributed by atoms with Gasteiger partial charge >= 0.3 is 6.03 Å². The third-order valence-corrected chi connectivity index (χ3v) is 3.65. The summed E-state index contributed by atoms with van der Waals surface area (Å²) in [5, 5.41) is 9.24. The number of hydrogen-bond acceptors (Lipinski definition) is 4. The first-order valence-electron chi connectivity index (χ1n) is 8.40. The molecule has 0 saturated carbocycles. The molecule has 0 aliphatic carbocycles. The van der Waals surface area contributed by atoms with Gasteiger partial charge in [0.15, 0.2) is 5.82 Å². The Hall–Kier alpha value is -2.83. The number of nitrogens with zero attached hydrogens (tertiary/aromatic N) is 2. The molecule has 0 unspecified atom stereocenters. The van der Waals surface area contributed by atoms with E-state index < -0.39 is 0 Å². The predicted octanol–water partition coefficient (Wildman–Crippen LogP) is 3.43. The average Bonchev–Trinajstić information content (AvgIpc) is 2.99. The van der Waals surface area contributed by atoms with Crippen molar-refractivity contribution in [1.82, 2.24) is 10.1 Å². The summed E-state index contributed by atoms with van der Waals surface area (Å²) in [6.07, 6.45) is 1.56. The van der Waals surface area contributed by atoms with Gasteiger partial charge in [-0.2, -0.15) is 0 Å². The summed E-state index contributed by atoms with van der Waals surface area (Å²) in [7, 11) is 0. The lowest BCUT2D eigenvalue weighted by atomic mass is 10.1. The molecule has 7 heteroatoms. The van der Waals surface area contributed by atoms with Gasteiger partial charge in [0, 0.05) is 18.3 Å². The zero-order chi connectivity index (χ0) is 18.2. The largest absolute Gasteiger partial charge is 0.360 e. The van der Waals surface area contributed by atoms with Crippen LogP contribution in [0.4, 0.5) is 16.3 Å². The summed E-state index contributed by atoms with van der Waals surface area (Å²) < 4.78 is 4.91. The van der Waals surface area contributed by atoms with Crippen LogP contribution in [0.25, 0.3) is 0 Å². The van der Waals surface area contributed by atoms with Crippen LogP contribution in [0.5, 0.6) is 0 Å². The van der Waals surface area contributed by atoms with Crippen molar-refractivity contribution in [3.63, 3.8) is 0 Å². The van der Waals surface area contributed by atoms with Crippen molar-refractivity contribution in [1.29, 1.82) is 0 Å². The number of nitrogens with one attached hydrogen (secondary N) is 2. The number of carbonyl (C=O) groups excluding carboxylic acids is 2. The Morgan fingerprint density at radius 2 is 1.96 bits per heavy atom. The summed E-state index contributed by atoms with van der Waals surface area (Å²) >= 11 is 0. The highest BCUT2D eigenvalue weighted by Gasteiger charge is 2.18. The van der Waals surface area contributed by atoms with Crippen molar-refractivity contribution >= 4 is 23.4 Å². The lowest BCUT2D eigenvalue weighted by molar-refractivity contribution is -0.116. The quantitative estimate of drug-likeness (QED) is 0.805. The number of hydrogen-bond donors (Lipinski definition) is 2. The van der Waals surface area contributed by atoms with Crippen LogP contribution in [0.2, 0.25) is 0 Å². The first-order chi connectivity index (χ1) is 12.0. The molecule has 0 saturated heterocycles. The van der Waals surface area contributed by atoms with Crippen molar-refractivity contribution in [3.8, 4) is 0 Å². The Morgan fingerprint density at radius 3 is 2.60 bits per heavy atom. The number of benzene rings is 1. The molecule has 1 aromatic carbocycles.